The van der Waals surface area contributed by atoms with Gasteiger partial charge in [-0.1, -0.05) is 12.1 Å². The van der Waals surface area contributed by atoms with Crippen LogP contribution in [0.4, 0.5) is 0 Å². The zero-order valence-corrected chi connectivity index (χ0v) is 8.87. The van der Waals surface area contributed by atoms with Crippen LogP contribution in [0.25, 0.3) is 0 Å². The van der Waals surface area contributed by atoms with Gasteiger partial charge in [0.25, 0.3) is 0 Å². The van der Waals surface area contributed by atoms with E-state index in [2.05, 4.69) is 22.6 Å². The van der Waals surface area contributed by atoms with E-state index in [-0.39, 0.29) is 12.4 Å². The number of hydrogen-bond acceptors (Lipinski definition) is 2. The summed E-state index contributed by atoms with van der Waals surface area (Å²) in [5.74, 6) is 0.808. The molecule has 0 saturated heterocycles. The van der Waals surface area contributed by atoms with Crippen molar-refractivity contribution in [3.63, 3.8) is 0 Å². The zero-order chi connectivity index (χ0) is 8.97. The Morgan fingerprint density at radius 2 is 2.17 bits per heavy atom. The first-order valence-electron chi connectivity index (χ1n) is 3.57. The number of carbonyl (C=O) groups is 1. The molecule has 0 unspecified atom stereocenters. The van der Waals surface area contributed by atoms with Crippen LogP contribution < -0.4 is 4.74 Å². The lowest BCUT2D eigenvalue weighted by Crippen LogP contribution is -2.07. The number of para-hydroxylation sites is 1. The van der Waals surface area contributed by atoms with Crippen molar-refractivity contribution >= 4 is 28.4 Å². The monoisotopic (exact) mass is 276 g/mol. The van der Waals surface area contributed by atoms with Crippen LogP contribution in [0.2, 0.25) is 0 Å². The van der Waals surface area contributed by atoms with E-state index in [0.717, 1.165) is 9.32 Å². The van der Waals surface area contributed by atoms with Gasteiger partial charge in [-0.3, -0.25) is 4.79 Å². The summed E-state index contributed by atoms with van der Waals surface area (Å²) in [6.45, 7) is 1.66. The van der Waals surface area contributed by atoms with Gasteiger partial charge in [0, 0.05) is 0 Å². The van der Waals surface area contributed by atoms with E-state index in [1.807, 2.05) is 24.3 Å². The number of carbonyl (C=O) groups excluding carboxylic acids is 1. The van der Waals surface area contributed by atoms with Crippen molar-refractivity contribution in [1.82, 2.24) is 0 Å². The summed E-state index contributed by atoms with van der Waals surface area (Å²) in [5.41, 5.74) is 0. The number of ketones is 1. The van der Waals surface area contributed by atoms with E-state index < -0.39 is 0 Å². The molecule has 64 valence electrons. The first-order valence-corrected chi connectivity index (χ1v) is 4.65. The Hall–Kier alpha value is -0.580. The van der Waals surface area contributed by atoms with Gasteiger partial charge < -0.3 is 4.74 Å². The molecule has 0 saturated carbocycles. The maximum atomic E-state index is 10.6. The van der Waals surface area contributed by atoms with Crippen molar-refractivity contribution in [2.24, 2.45) is 0 Å². The molecule has 0 N–H and O–H groups in total. The molecule has 1 aromatic rings. The van der Waals surface area contributed by atoms with Gasteiger partial charge >= 0.3 is 0 Å². The molecule has 2 nitrogen and oxygen atoms in total. The summed E-state index contributed by atoms with van der Waals surface area (Å²) in [6.07, 6.45) is 0. The second-order valence-electron chi connectivity index (χ2n) is 2.42. The fourth-order valence-corrected chi connectivity index (χ4v) is 1.28. The fraction of sp³-hybridized carbons (Fsp3) is 0.222. The van der Waals surface area contributed by atoms with E-state index in [9.17, 15) is 4.79 Å². The van der Waals surface area contributed by atoms with Gasteiger partial charge in [-0.2, -0.15) is 0 Å². The molecule has 0 fully saturated rings. The standard InChI is InChI=1S/C9H9IO2/c1-7(11)6-12-9-5-3-2-4-8(9)10/h2-5H,6H2,1H3. The van der Waals surface area contributed by atoms with Crippen LogP contribution >= 0.6 is 22.6 Å². The second kappa shape index (κ2) is 4.45. The summed E-state index contributed by atoms with van der Waals surface area (Å²) in [6, 6.07) is 7.61. The minimum Gasteiger partial charge on any atom is -0.485 e. The Morgan fingerprint density at radius 1 is 1.50 bits per heavy atom. The van der Waals surface area contributed by atoms with E-state index in [0.29, 0.717) is 0 Å². The number of benzene rings is 1. The lowest BCUT2D eigenvalue weighted by Gasteiger charge is -2.04. The van der Waals surface area contributed by atoms with Crippen LogP contribution in [-0.4, -0.2) is 12.4 Å². The van der Waals surface area contributed by atoms with Crippen LogP contribution in [0, 0.1) is 3.57 Å². The molecule has 0 heterocycles. The van der Waals surface area contributed by atoms with Crippen molar-refractivity contribution in [3.05, 3.63) is 27.8 Å². The van der Waals surface area contributed by atoms with Gasteiger partial charge in [-0.15, -0.1) is 0 Å². The van der Waals surface area contributed by atoms with Crippen LogP contribution in [-0.2, 0) is 4.79 Å². The third-order valence-electron chi connectivity index (χ3n) is 1.27. The number of rotatable bonds is 3. The molecule has 3 heteroatoms. The predicted molar refractivity (Wildman–Crippen MR) is 55.3 cm³/mol. The Balaban J connectivity index is 2.63. The first-order chi connectivity index (χ1) is 5.70. The molecule has 0 aliphatic rings. The number of ether oxygens (including phenoxy) is 1. The lowest BCUT2D eigenvalue weighted by atomic mass is 10.3. The molecule has 0 aliphatic carbocycles. The molecule has 12 heavy (non-hydrogen) atoms. The van der Waals surface area contributed by atoms with Gasteiger partial charge in [0.05, 0.1) is 3.57 Å². The quantitative estimate of drug-likeness (QED) is 0.791. The summed E-state index contributed by atoms with van der Waals surface area (Å²) < 4.78 is 6.27. The smallest absolute Gasteiger partial charge is 0.167 e. The summed E-state index contributed by atoms with van der Waals surface area (Å²) >= 11 is 2.17. The van der Waals surface area contributed by atoms with Crippen molar-refractivity contribution in [2.75, 3.05) is 6.61 Å². The highest BCUT2D eigenvalue weighted by molar-refractivity contribution is 14.1. The van der Waals surface area contributed by atoms with E-state index >= 15 is 0 Å². The van der Waals surface area contributed by atoms with Gasteiger partial charge in [0.15, 0.2) is 5.78 Å². The lowest BCUT2D eigenvalue weighted by molar-refractivity contribution is -0.118. The molecule has 0 aliphatic heterocycles. The highest BCUT2D eigenvalue weighted by Gasteiger charge is 1.99. The van der Waals surface area contributed by atoms with Crippen LogP contribution in [0.1, 0.15) is 6.92 Å². The van der Waals surface area contributed by atoms with E-state index in [1.54, 1.807) is 0 Å². The maximum absolute atomic E-state index is 10.6. The van der Waals surface area contributed by atoms with Crippen molar-refractivity contribution in [1.29, 1.82) is 0 Å². The third kappa shape index (κ3) is 2.81. The third-order valence-corrected chi connectivity index (χ3v) is 2.16. The Morgan fingerprint density at radius 3 is 2.75 bits per heavy atom. The Labute approximate surface area is 85.1 Å². The van der Waals surface area contributed by atoms with Crippen molar-refractivity contribution in [2.45, 2.75) is 6.92 Å². The first kappa shape index (κ1) is 9.51. The SMILES string of the molecule is CC(=O)COc1ccccc1I. The molecule has 0 bridgehead atoms. The van der Waals surface area contributed by atoms with Crippen molar-refractivity contribution < 1.29 is 9.53 Å². The highest BCUT2D eigenvalue weighted by Crippen LogP contribution is 2.19. The number of hydrogen-bond donors (Lipinski definition) is 0. The molecule has 0 spiro atoms. The minimum absolute atomic E-state index is 0.0367. The molecular formula is C9H9IO2. The highest BCUT2D eigenvalue weighted by atomic mass is 127. The zero-order valence-electron chi connectivity index (χ0n) is 6.71. The molecule has 1 aromatic carbocycles. The maximum Gasteiger partial charge on any atom is 0.167 e. The molecule has 1 rings (SSSR count). The van der Waals surface area contributed by atoms with Crippen molar-refractivity contribution in [3.8, 4) is 5.75 Å². The normalized spacial score (nSPS) is 9.50. The number of Topliss-reactive ketones (excluding diaryl/α,β-unsaturated/α-hetero) is 1. The van der Waals surface area contributed by atoms with Crippen LogP contribution in [0.3, 0.4) is 0 Å². The van der Waals surface area contributed by atoms with E-state index in [1.165, 1.54) is 6.92 Å². The van der Waals surface area contributed by atoms with Crippen LogP contribution in [0.5, 0.6) is 5.75 Å². The van der Waals surface area contributed by atoms with Gasteiger partial charge in [-0.05, 0) is 41.6 Å². The molecule has 0 atom stereocenters. The summed E-state index contributed by atoms with van der Waals surface area (Å²) in [5, 5.41) is 0. The molecule has 0 radical (unpaired) electrons. The average Bonchev–Trinajstić information content (AvgIpc) is 2.03. The Bertz CT molecular complexity index is 284. The minimum atomic E-state index is 0.0367. The molecular weight excluding hydrogens is 267 g/mol. The Kier molecular flexibility index (Phi) is 3.52. The fourth-order valence-electron chi connectivity index (χ4n) is 0.741. The van der Waals surface area contributed by atoms with Gasteiger partial charge in [-0.25, -0.2) is 0 Å². The van der Waals surface area contributed by atoms with Gasteiger partial charge in [0.1, 0.15) is 12.4 Å². The van der Waals surface area contributed by atoms with Gasteiger partial charge in [0.2, 0.25) is 0 Å². The summed E-state index contributed by atoms with van der Waals surface area (Å²) in [4.78, 5) is 10.6. The average molecular weight is 276 g/mol. The molecule has 0 aromatic heterocycles. The topological polar surface area (TPSA) is 26.3 Å². The summed E-state index contributed by atoms with van der Waals surface area (Å²) in [7, 11) is 0. The van der Waals surface area contributed by atoms with E-state index in [4.69, 9.17) is 4.74 Å². The number of halogens is 1. The van der Waals surface area contributed by atoms with Crippen LogP contribution in [0.15, 0.2) is 24.3 Å². The largest absolute Gasteiger partial charge is 0.485 e. The predicted octanol–water partition coefficient (Wildman–Crippen LogP) is 2.26. The molecule has 0 amide bonds. The second-order valence-corrected chi connectivity index (χ2v) is 3.58.